The minimum absolute atomic E-state index is 0.0436. The van der Waals surface area contributed by atoms with E-state index in [1.807, 2.05) is 0 Å². The van der Waals surface area contributed by atoms with Gasteiger partial charge in [0, 0.05) is 25.4 Å². The molecule has 0 radical (unpaired) electrons. The minimum Gasteiger partial charge on any atom is -0.508 e. The summed E-state index contributed by atoms with van der Waals surface area (Å²) in [7, 11) is 0. The maximum atomic E-state index is 13.8. The van der Waals surface area contributed by atoms with Crippen LogP contribution in [0.1, 0.15) is 17.0 Å². The van der Waals surface area contributed by atoms with E-state index in [4.69, 9.17) is 0 Å². The number of aromatic nitrogens is 2. The number of hydrogen-bond acceptors (Lipinski definition) is 2. The van der Waals surface area contributed by atoms with Crippen LogP contribution in [0.4, 0.5) is 13.2 Å². The topological polar surface area (TPSA) is 38.0 Å². The highest BCUT2D eigenvalue weighted by molar-refractivity contribution is 5.27. The van der Waals surface area contributed by atoms with Gasteiger partial charge in [-0.2, -0.15) is 0 Å². The van der Waals surface area contributed by atoms with Crippen LogP contribution in [0.15, 0.2) is 48.8 Å². The van der Waals surface area contributed by atoms with Gasteiger partial charge in [0.05, 0.1) is 0 Å². The monoisotopic (exact) mass is 318 g/mol. The molecule has 0 saturated carbocycles. The molecular formula is C17H13F3N2O. The van der Waals surface area contributed by atoms with Crippen molar-refractivity contribution < 1.29 is 18.3 Å². The van der Waals surface area contributed by atoms with Gasteiger partial charge in [0.2, 0.25) is 0 Å². The van der Waals surface area contributed by atoms with Crippen LogP contribution in [0, 0.1) is 17.5 Å². The van der Waals surface area contributed by atoms with Crippen molar-refractivity contribution in [2.24, 2.45) is 0 Å². The Bertz CT molecular complexity index is 828. The van der Waals surface area contributed by atoms with E-state index in [1.165, 1.54) is 6.07 Å². The van der Waals surface area contributed by atoms with E-state index in [1.54, 1.807) is 41.2 Å². The minimum atomic E-state index is -1.47. The highest BCUT2D eigenvalue weighted by atomic mass is 19.2. The second-order valence-corrected chi connectivity index (χ2v) is 5.15. The van der Waals surface area contributed by atoms with Gasteiger partial charge in [0.15, 0.2) is 17.5 Å². The molecule has 0 spiro atoms. The van der Waals surface area contributed by atoms with Gasteiger partial charge in [-0.3, -0.25) is 0 Å². The summed E-state index contributed by atoms with van der Waals surface area (Å²) in [6, 6.07) is 8.78. The summed E-state index contributed by atoms with van der Waals surface area (Å²) in [4.78, 5) is 4.15. The Balaban J connectivity index is 1.84. The third-order valence-electron chi connectivity index (χ3n) is 3.55. The van der Waals surface area contributed by atoms with E-state index >= 15 is 0 Å². The van der Waals surface area contributed by atoms with Crippen LogP contribution in [0.3, 0.4) is 0 Å². The van der Waals surface area contributed by atoms with Crippen LogP contribution >= 0.6 is 0 Å². The van der Waals surface area contributed by atoms with Gasteiger partial charge in [-0.15, -0.1) is 0 Å². The van der Waals surface area contributed by atoms with Gasteiger partial charge in [0.1, 0.15) is 11.6 Å². The first-order valence-electron chi connectivity index (χ1n) is 6.95. The van der Waals surface area contributed by atoms with Gasteiger partial charge >= 0.3 is 0 Å². The second-order valence-electron chi connectivity index (χ2n) is 5.15. The zero-order chi connectivity index (χ0) is 16.4. The summed E-state index contributed by atoms with van der Waals surface area (Å²) < 4.78 is 41.8. The van der Waals surface area contributed by atoms with Gasteiger partial charge in [0.25, 0.3) is 0 Å². The highest BCUT2D eigenvalue weighted by Crippen LogP contribution is 2.19. The normalized spacial score (nSPS) is 10.9. The quantitative estimate of drug-likeness (QED) is 0.746. The van der Waals surface area contributed by atoms with Crippen molar-refractivity contribution in [1.82, 2.24) is 9.55 Å². The maximum Gasteiger partial charge on any atom is 0.194 e. The number of rotatable bonds is 4. The number of halogens is 3. The zero-order valence-electron chi connectivity index (χ0n) is 12.0. The molecule has 0 aliphatic rings. The van der Waals surface area contributed by atoms with Crippen molar-refractivity contribution in [3.8, 4) is 5.75 Å². The summed E-state index contributed by atoms with van der Waals surface area (Å²) >= 11 is 0. The summed E-state index contributed by atoms with van der Waals surface area (Å²) in [5, 5.41) is 9.28. The van der Waals surface area contributed by atoms with Crippen molar-refractivity contribution in [3.63, 3.8) is 0 Å². The average molecular weight is 318 g/mol. The molecule has 0 aliphatic carbocycles. The fourth-order valence-corrected chi connectivity index (χ4v) is 2.32. The summed E-state index contributed by atoms with van der Waals surface area (Å²) in [5.74, 6) is -3.17. The van der Waals surface area contributed by atoms with Gasteiger partial charge in [-0.1, -0.05) is 18.2 Å². The van der Waals surface area contributed by atoms with E-state index in [9.17, 15) is 18.3 Å². The average Bonchev–Trinajstić information content (AvgIpc) is 2.97. The van der Waals surface area contributed by atoms with E-state index in [-0.39, 0.29) is 17.7 Å². The van der Waals surface area contributed by atoms with Gasteiger partial charge in [-0.25, -0.2) is 18.2 Å². The van der Waals surface area contributed by atoms with Crippen LogP contribution < -0.4 is 0 Å². The predicted octanol–water partition coefficient (Wildman–Crippen LogP) is 3.65. The molecule has 0 unspecified atom stereocenters. The van der Waals surface area contributed by atoms with Crippen molar-refractivity contribution in [2.75, 3.05) is 0 Å². The Morgan fingerprint density at radius 1 is 0.957 bits per heavy atom. The van der Waals surface area contributed by atoms with Crippen molar-refractivity contribution in [2.45, 2.75) is 13.0 Å². The number of hydrogen-bond donors (Lipinski definition) is 1. The molecule has 1 aromatic heterocycles. The molecule has 0 atom stereocenters. The van der Waals surface area contributed by atoms with E-state index < -0.39 is 17.5 Å². The molecule has 0 saturated heterocycles. The maximum absolute atomic E-state index is 13.8. The lowest BCUT2D eigenvalue weighted by molar-refractivity contribution is 0.441. The third-order valence-corrected chi connectivity index (χ3v) is 3.55. The molecule has 0 aliphatic heterocycles. The number of phenolic OH excluding ortho intramolecular Hbond substituents is 1. The molecule has 3 rings (SSSR count). The van der Waals surface area contributed by atoms with Crippen molar-refractivity contribution in [1.29, 1.82) is 0 Å². The molecular weight excluding hydrogens is 305 g/mol. The SMILES string of the molecule is Oc1ccc(Cn2ccnc2Cc2ccc(F)c(F)c2F)cc1. The fourth-order valence-electron chi connectivity index (χ4n) is 2.32. The predicted molar refractivity (Wildman–Crippen MR) is 78.6 cm³/mol. The Morgan fingerprint density at radius 3 is 2.43 bits per heavy atom. The smallest absolute Gasteiger partial charge is 0.194 e. The molecule has 0 bridgehead atoms. The first-order chi connectivity index (χ1) is 11.0. The van der Waals surface area contributed by atoms with Crippen molar-refractivity contribution in [3.05, 3.63) is 83.2 Å². The zero-order valence-corrected chi connectivity index (χ0v) is 12.0. The highest BCUT2D eigenvalue weighted by Gasteiger charge is 2.15. The lowest BCUT2D eigenvalue weighted by Gasteiger charge is -2.09. The molecule has 6 heteroatoms. The first kappa shape index (κ1) is 15.1. The summed E-state index contributed by atoms with van der Waals surface area (Å²) in [6.45, 7) is 0.473. The standard InChI is InChI=1S/C17H13F3N2O/c18-14-6-3-12(16(19)17(14)20)9-15-21-7-8-22(15)10-11-1-4-13(23)5-2-11/h1-8,23H,9-10H2. The molecule has 0 fully saturated rings. The third kappa shape index (κ3) is 3.21. The van der Waals surface area contributed by atoms with Crippen LogP contribution in [0.25, 0.3) is 0 Å². The molecule has 1 heterocycles. The second kappa shape index (κ2) is 6.16. The fraction of sp³-hybridized carbons (Fsp3) is 0.118. The molecule has 3 nitrogen and oxygen atoms in total. The Labute approximate surface area is 130 Å². The molecule has 3 aromatic rings. The molecule has 1 N–H and O–H groups in total. The Morgan fingerprint density at radius 2 is 1.70 bits per heavy atom. The van der Waals surface area contributed by atoms with Crippen molar-refractivity contribution >= 4 is 0 Å². The Kier molecular flexibility index (Phi) is 4.06. The molecule has 0 amide bonds. The lowest BCUT2D eigenvalue weighted by Crippen LogP contribution is -2.07. The number of nitrogens with zero attached hydrogens (tertiary/aromatic N) is 2. The number of benzene rings is 2. The van der Waals surface area contributed by atoms with E-state index in [0.29, 0.717) is 12.4 Å². The van der Waals surface area contributed by atoms with Crippen LogP contribution in [0.2, 0.25) is 0 Å². The Hall–Kier alpha value is -2.76. The molecule has 2 aromatic carbocycles. The summed E-state index contributed by atoms with van der Waals surface area (Å²) in [5.41, 5.74) is 0.967. The van der Waals surface area contributed by atoms with Crippen LogP contribution in [-0.2, 0) is 13.0 Å². The number of aromatic hydroxyl groups is 1. The summed E-state index contributed by atoms with van der Waals surface area (Å²) in [6.07, 6.45) is 3.33. The van der Waals surface area contributed by atoms with Gasteiger partial charge < -0.3 is 9.67 Å². The molecule has 23 heavy (non-hydrogen) atoms. The largest absolute Gasteiger partial charge is 0.508 e. The number of phenols is 1. The van der Waals surface area contributed by atoms with E-state index in [0.717, 1.165) is 11.6 Å². The van der Waals surface area contributed by atoms with Crippen LogP contribution in [-0.4, -0.2) is 14.7 Å². The first-order valence-corrected chi connectivity index (χ1v) is 6.95. The lowest BCUT2D eigenvalue weighted by atomic mass is 10.1. The van der Waals surface area contributed by atoms with E-state index in [2.05, 4.69) is 4.98 Å². The molecule has 118 valence electrons. The van der Waals surface area contributed by atoms with Crippen LogP contribution in [0.5, 0.6) is 5.75 Å². The van der Waals surface area contributed by atoms with Gasteiger partial charge in [-0.05, 0) is 29.3 Å². The number of imidazole rings is 1.